The maximum Gasteiger partial charge on any atom is 0.328 e. The Morgan fingerprint density at radius 1 is 1.47 bits per heavy atom. The van der Waals surface area contributed by atoms with Crippen molar-refractivity contribution in [1.82, 2.24) is 0 Å². The van der Waals surface area contributed by atoms with Gasteiger partial charge in [-0.2, -0.15) is 0 Å². The number of carboxylic acids is 1. The van der Waals surface area contributed by atoms with Crippen LogP contribution in [0.3, 0.4) is 0 Å². The lowest BCUT2D eigenvalue weighted by Crippen LogP contribution is -2.08. The van der Waals surface area contributed by atoms with E-state index >= 15 is 0 Å². The van der Waals surface area contributed by atoms with Gasteiger partial charge in [0.25, 0.3) is 0 Å². The van der Waals surface area contributed by atoms with Gasteiger partial charge in [-0.15, -0.1) is 0 Å². The van der Waals surface area contributed by atoms with Crippen LogP contribution in [0.1, 0.15) is 11.6 Å². The van der Waals surface area contributed by atoms with E-state index in [2.05, 4.69) is 0 Å². The van der Waals surface area contributed by atoms with Gasteiger partial charge in [-0.25, -0.2) is 4.79 Å². The molecule has 0 aromatic heterocycles. The zero-order valence-electron chi connectivity index (χ0n) is 7.65. The van der Waals surface area contributed by atoms with Crippen molar-refractivity contribution in [1.29, 1.82) is 0 Å². The zero-order valence-corrected chi connectivity index (χ0v) is 9.16. The maximum absolute atomic E-state index is 10.3. The fraction of sp³-hybridized carbons (Fsp3) is 0.100. The lowest BCUT2D eigenvalue weighted by atomic mass is 10.1. The molecule has 3 N–H and O–H groups in total. The predicted molar refractivity (Wildman–Crippen MR) is 60.2 cm³/mol. The van der Waals surface area contributed by atoms with Gasteiger partial charge in [0.15, 0.2) is 0 Å². The summed E-state index contributed by atoms with van der Waals surface area (Å²) in [6.45, 7) is 0. The van der Waals surface area contributed by atoms with E-state index in [0.717, 1.165) is 6.08 Å². The second-order valence-electron chi connectivity index (χ2n) is 2.89. The van der Waals surface area contributed by atoms with Gasteiger partial charge in [0.1, 0.15) is 0 Å². The molecule has 0 aliphatic carbocycles. The smallest absolute Gasteiger partial charge is 0.328 e. The molecular formula is C10H9Cl2NO2. The number of carboxylic acid groups (broad SMARTS) is 1. The van der Waals surface area contributed by atoms with E-state index in [4.69, 9.17) is 34.0 Å². The van der Waals surface area contributed by atoms with Crippen molar-refractivity contribution in [2.75, 3.05) is 0 Å². The van der Waals surface area contributed by atoms with Crippen LogP contribution in [-0.4, -0.2) is 11.1 Å². The first-order chi connectivity index (χ1) is 7.00. The van der Waals surface area contributed by atoms with E-state index in [0.29, 0.717) is 15.6 Å². The van der Waals surface area contributed by atoms with Gasteiger partial charge >= 0.3 is 5.97 Å². The monoisotopic (exact) mass is 245 g/mol. The van der Waals surface area contributed by atoms with Crippen molar-refractivity contribution in [3.8, 4) is 0 Å². The highest BCUT2D eigenvalue weighted by molar-refractivity contribution is 6.35. The van der Waals surface area contributed by atoms with Gasteiger partial charge < -0.3 is 10.8 Å². The minimum absolute atomic E-state index is 0.421. The van der Waals surface area contributed by atoms with Crippen LogP contribution in [0.5, 0.6) is 0 Å². The molecule has 0 bridgehead atoms. The second kappa shape index (κ2) is 5.16. The summed E-state index contributed by atoms with van der Waals surface area (Å²) in [5.74, 6) is -1.05. The van der Waals surface area contributed by atoms with Gasteiger partial charge in [0.2, 0.25) is 0 Å². The molecule has 0 fully saturated rings. The molecule has 0 saturated heterocycles. The Morgan fingerprint density at radius 2 is 2.13 bits per heavy atom. The van der Waals surface area contributed by atoms with Gasteiger partial charge in [0, 0.05) is 16.1 Å². The molecule has 0 radical (unpaired) electrons. The summed E-state index contributed by atoms with van der Waals surface area (Å²) in [6, 6.07) is 4.33. The van der Waals surface area contributed by atoms with Crippen LogP contribution in [0, 0.1) is 0 Å². The minimum atomic E-state index is -1.05. The van der Waals surface area contributed by atoms with Crippen LogP contribution in [0.25, 0.3) is 0 Å². The summed E-state index contributed by atoms with van der Waals surface area (Å²) in [6.07, 6.45) is 2.34. The lowest BCUT2D eigenvalue weighted by Gasteiger charge is -2.08. The first kappa shape index (κ1) is 12.0. The van der Waals surface area contributed by atoms with Crippen molar-refractivity contribution >= 4 is 29.2 Å². The summed E-state index contributed by atoms with van der Waals surface area (Å²) in [5.41, 5.74) is 6.35. The fourth-order valence-electron chi connectivity index (χ4n) is 1.06. The lowest BCUT2D eigenvalue weighted by molar-refractivity contribution is -0.131. The second-order valence-corrected chi connectivity index (χ2v) is 3.73. The molecule has 0 aliphatic rings. The van der Waals surface area contributed by atoms with Crippen molar-refractivity contribution < 1.29 is 9.90 Å². The topological polar surface area (TPSA) is 63.3 Å². The van der Waals surface area contributed by atoms with Crippen LogP contribution < -0.4 is 5.73 Å². The molecule has 0 aliphatic heterocycles. The van der Waals surface area contributed by atoms with Gasteiger partial charge in [-0.1, -0.05) is 35.3 Å². The number of rotatable bonds is 3. The van der Waals surface area contributed by atoms with Crippen LogP contribution in [0.15, 0.2) is 30.4 Å². The largest absolute Gasteiger partial charge is 0.478 e. The zero-order chi connectivity index (χ0) is 11.4. The normalized spacial score (nSPS) is 13.0. The van der Waals surface area contributed by atoms with E-state index in [-0.39, 0.29) is 0 Å². The number of hydrogen-bond acceptors (Lipinski definition) is 2. The average Bonchev–Trinajstić information content (AvgIpc) is 2.14. The molecule has 3 nitrogen and oxygen atoms in total. The molecule has 0 amide bonds. The van der Waals surface area contributed by atoms with Crippen LogP contribution in [0.2, 0.25) is 10.0 Å². The highest BCUT2D eigenvalue weighted by Gasteiger charge is 2.07. The number of hydrogen-bond donors (Lipinski definition) is 2. The third-order valence-corrected chi connectivity index (χ3v) is 2.33. The van der Waals surface area contributed by atoms with E-state index in [1.165, 1.54) is 6.08 Å². The number of carbonyl (C=O) groups is 1. The first-order valence-electron chi connectivity index (χ1n) is 4.12. The molecule has 15 heavy (non-hydrogen) atoms. The first-order valence-corrected chi connectivity index (χ1v) is 4.88. The Morgan fingerprint density at radius 3 is 2.67 bits per heavy atom. The summed E-state index contributed by atoms with van der Waals surface area (Å²) in [5, 5.41) is 9.36. The summed E-state index contributed by atoms with van der Waals surface area (Å²) in [7, 11) is 0. The highest BCUT2D eigenvalue weighted by Crippen LogP contribution is 2.25. The number of nitrogens with two attached hydrogens (primary N) is 1. The van der Waals surface area contributed by atoms with Gasteiger partial charge in [-0.3, -0.25) is 0 Å². The van der Waals surface area contributed by atoms with Crippen LogP contribution in [0.4, 0.5) is 0 Å². The Hall–Kier alpha value is -1.03. The van der Waals surface area contributed by atoms with Crippen molar-refractivity contribution in [3.63, 3.8) is 0 Å². The van der Waals surface area contributed by atoms with Crippen LogP contribution >= 0.6 is 23.2 Å². The minimum Gasteiger partial charge on any atom is -0.478 e. The number of aliphatic carboxylic acids is 1. The predicted octanol–water partition coefficient (Wildman–Crippen LogP) is 2.63. The summed E-state index contributed by atoms with van der Waals surface area (Å²) in [4.78, 5) is 10.3. The van der Waals surface area contributed by atoms with E-state index in [1.54, 1.807) is 18.2 Å². The molecule has 80 valence electrons. The Balaban J connectivity index is 2.91. The quantitative estimate of drug-likeness (QED) is 0.806. The molecule has 1 aromatic rings. The molecule has 1 atom stereocenters. The maximum atomic E-state index is 10.3. The van der Waals surface area contributed by atoms with Gasteiger partial charge in [0.05, 0.1) is 6.04 Å². The van der Waals surface area contributed by atoms with Crippen molar-refractivity contribution in [2.24, 2.45) is 5.73 Å². The van der Waals surface area contributed by atoms with Crippen molar-refractivity contribution in [3.05, 3.63) is 46.0 Å². The fourth-order valence-corrected chi connectivity index (χ4v) is 1.60. The third-order valence-electron chi connectivity index (χ3n) is 1.77. The molecule has 5 heteroatoms. The Bertz CT molecular complexity index is 404. The molecule has 1 aromatic carbocycles. The molecular weight excluding hydrogens is 237 g/mol. The summed E-state index contributed by atoms with van der Waals surface area (Å²) < 4.78 is 0. The average molecular weight is 246 g/mol. The standard InChI is InChI=1S/C10H9Cl2NO2/c11-6-1-2-7(8(12)5-6)9(13)3-4-10(14)15/h1-5,9H,13H2,(H,14,15)/b4-3+. The van der Waals surface area contributed by atoms with Gasteiger partial charge in [-0.05, 0) is 17.7 Å². The Labute approximate surface area is 97.1 Å². The summed E-state index contributed by atoms with van der Waals surface area (Å²) >= 11 is 11.6. The van der Waals surface area contributed by atoms with E-state index < -0.39 is 12.0 Å². The number of benzene rings is 1. The SMILES string of the molecule is NC(/C=C/C(=O)O)c1ccc(Cl)cc1Cl. The van der Waals surface area contributed by atoms with E-state index in [9.17, 15) is 4.79 Å². The molecule has 1 rings (SSSR count). The molecule has 0 saturated carbocycles. The Kier molecular flexibility index (Phi) is 4.15. The van der Waals surface area contributed by atoms with Crippen LogP contribution in [-0.2, 0) is 4.79 Å². The molecule has 0 heterocycles. The van der Waals surface area contributed by atoms with Crippen molar-refractivity contribution in [2.45, 2.75) is 6.04 Å². The van der Waals surface area contributed by atoms with E-state index in [1.807, 2.05) is 0 Å². The molecule has 1 unspecified atom stereocenters. The number of halogens is 2. The molecule has 0 spiro atoms. The third kappa shape index (κ3) is 3.55. The highest BCUT2D eigenvalue weighted by atomic mass is 35.5.